The highest BCUT2D eigenvalue weighted by Gasteiger charge is 2.21. The van der Waals surface area contributed by atoms with Crippen molar-refractivity contribution in [2.24, 2.45) is 5.92 Å². The van der Waals surface area contributed by atoms with Gasteiger partial charge in [0.2, 0.25) is 0 Å². The summed E-state index contributed by atoms with van der Waals surface area (Å²) >= 11 is 0. The number of ether oxygens (including phenoxy) is 1. The molecule has 0 bridgehead atoms. The fourth-order valence-electron chi connectivity index (χ4n) is 2.32. The van der Waals surface area contributed by atoms with E-state index in [0.29, 0.717) is 6.04 Å². The zero-order chi connectivity index (χ0) is 10.7. The predicted octanol–water partition coefficient (Wildman–Crippen LogP) is 3.30. The Kier molecular flexibility index (Phi) is 3.14. The lowest BCUT2D eigenvalue weighted by Crippen LogP contribution is -2.15. The first-order chi connectivity index (χ1) is 7.29. The molecule has 82 valence electrons. The minimum absolute atomic E-state index is 0.622. The lowest BCUT2D eigenvalue weighted by Gasteiger charge is -2.16. The second-order valence-corrected chi connectivity index (χ2v) is 4.46. The number of methoxy groups -OCH3 is 1. The molecule has 15 heavy (non-hydrogen) atoms. The van der Waals surface area contributed by atoms with Gasteiger partial charge in [0, 0.05) is 6.04 Å². The molecule has 2 atom stereocenters. The number of hydrogen-bond acceptors (Lipinski definition) is 2. The number of anilines is 1. The highest BCUT2D eigenvalue weighted by atomic mass is 16.5. The summed E-state index contributed by atoms with van der Waals surface area (Å²) in [5, 5.41) is 3.57. The summed E-state index contributed by atoms with van der Waals surface area (Å²) in [6.45, 7) is 2.32. The van der Waals surface area contributed by atoms with E-state index in [1.54, 1.807) is 7.11 Å². The predicted molar refractivity (Wildman–Crippen MR) is 63.4 cm³/mol. The van der Waals surface area contributed by atoms with E-state index in [1.165, 1.54) is 19.3 Å². The molecule has 1 fully saturated rings. The van der Waals surface area contributed by atoms with E-state index in [-0.39, 0.29) is 0 Å². The number of rotatable bonds is 3. The smallest absolute Gasteiger partial charge is 0.141 e. The van der Waals surface area contributed by atoms with E-state index in [2.05, 4.69) is 18.3 Å². The Bertz CT molecular complexity index is 324. The molecule has 0 amide bonds. The maximum absolute atomic E-state index is 5.32. The standard InChI is InChI=1S/C13H19NO/c1-10-7-8-11(9-10)14-12-5-3-4-6-13(12)15-2/h3-6,10-11,14H,7-9H2,1-2H3/t10-,11-/m1/s1. The van der Waals surface area contributed by atoms with Crippen molar-refractivity contribution in [3.63, 3.8) is 0 Å². The Morgan fingerprint density at radius 3 is 2.73 bits per heavy atom. The minimum atomic E-state index is 0.622. The van der Waals surface area contributed by atoms with Crippen LogP contribution >= 0.6 is 0 Å². The van der Waals surface area contributed by atoms with Gasteiger partial charge < -0.3 is 10.1 Å². The zero-order valence-corrected chi connectivity index (χ0v) is 9.49. The van der Waals surface area contributed by atoms with Gasteiger partial charge in [-0.25, -0.2) is 0 Å². The summed E-state index contributed by atoms with van der Waals surface area (Å²) in [6.07, 6.45) is 3.89. The summed E-state index contributed by atoms with van der Waals surface area (Å²) < 4.78 is 5.32. The topological polar surface area (TPSA) is 21.3 Å². The third-order valence-electron chi connectivity index (χ3n) is 3.16. The molecule has 1 saturated carbocycles. The largest absolute Gasteiger partial charge is 0.495 e. The van der Waals surface area contributed by atoms with Crippen molar-refractivity contribution in [3.05, 3.63) is 24.3 Å². The summed E-state index contributed by atoms with van der Waals surface area (Å²) in [7, 11) is 1.72. The Morgan fingerprint density at radius 1 is 1.27 bits per heavy atom. The number of para-hydroxylation sites is 2. The van der Waals surface area contributed by atoms with Gasteiger partial charge in [0.05, 0.1) is 12.8 Å². The first-order valence-electron chi connectivity index (χ1n) is 5.69. The first-order valence-corrected chi connectivity index (χ1v) is 5.69. The molecule has 0 heterocycles. The van der Waals surface area contributed by atoms with Gasteiger partial charge in [-0.1, -0.05) is 19.1 Å². The lowest BCUT2D eigenvalue weighted by atomic mass is 10.1. The zero-order valence-electron chi connectivity index (χ0n) is 9.49. The van der Waals surface area contributed by atoms with E-state index in [4.69, 9.17) is 4.74 Å². The molecule has 2 rings (SSSR count). The Hall–Kier alpha value is -1.18. The van der Waals surface area contributed by atoms with Gasteiger partial charge in [0.1, 0.15) is 5.75 Å². The monoisotopic (exact) mass is 205 g/mol. The third kappa shape index (κ3) is 2.44. The molecule has 2 heteroatoms. The van der Waals surface area contributed by atoms with Gasteiger partial charge in [-0.05, 0) is 37.3 Å². The van der Waals surface area contributed by atoms with E-state index < -0.39 is 0 Å². The summed E-state index contributed by atoms with van der Waals surface area (Å²) in [4.78, 5) is 0. The van der Waals surface area contributed by atoms with Crippen LogP contribution in [-0.4, -0.2) is 13.2 Å². The Morgan fingerprint density at radius 2 is 2.07 bits per heavy atom. The van der Waals surface area contributed by atoms with Crippen LogP contribution in [0.4, 0.5) is 5.69 Å². The molecule has 0 unspecified atom stereocenters. The number of nitrogens with one attached hydrogen (secondary N) is 1. The number of benzene rings is 1. The average Bonchev–Trinajstić information content (AvgIpc) is 2.65. The van der Waals surface area contributed by atoms with Crippen LogP contribution in [0.25, 0.3) is 0 Å². The molecule has 0 radical (unpaired) electrons. The van der Waals surface area contributed by atoms with E-state index in [0.717, 1.165) is 17.4 Å². The Balaban J connectivity index is 2.04. The van der Waals surface area contributed by atoms with Gasteiger partial charge >= 0.3 is 0 Å². The van der Waals surface area contributed by atoms with Gasteiger partial charge in [-0.3, -0.25) is 0 Å². The van der Waals surface area contributed by atoms with Gasteiger partial charge in [0.25, 0.3) is 0 Å². The summed E-state index contributed by atoms with van der Waals surface area (Å²) in [5.41, 5.74) is 1.12. The summed E-state index contributed by atoms with van der Waals surface area (Å²) in [5.74, 6) is 1.80. The molecule has 1 aromatic carbocycles. The maximum atomic E-state index is 5.32. The van der Waals surface area contributed by atoms with Crippen molar-refractivity contribution in [2.75, 3.05) is 12.4 Å². The molecule has 0 aromatic heterocycles. The van der Waals surface area contributed by atoms with E-state index >= 15 is 0 Å². The van der Waals surface area contributed by atoms with Crippen molar-refractivity contribution in [1.29, 1.82) is 0 Å². The van der Waals surface area contributed by atoms with Crippen LogP contribution in [0.2, 0.25) is 0 Å². The third-order valence-corrected chi connectivity index (χ3v) is 3.16. The van der Waals surface area contributed by atoms with Crippen molar-refractivity contribution >= 4 is 5.69 Å². The molecule has 1 N–H and O–H groups in total. The van der Waals surface area contributed by atoms with Crippen LogP contribution in [0.3, 0.4) is 0 Å². The molecule has 1 aromatic rings. The van der Waals surface area contributed by atoms with Gasteiger partial charge in [0.15, 0.2) is 0 Å². The number of hydrogen-bond donors (Lipinski definition) is 1. The summed E-state index contributed by atoms with van der Waals surface area (Å²) in [6, 6.07) is 8.75. The van der Waals surface area contributed by atoms with E-state index in [1.807, 2.05) is 18.2 Å². The second kappa shape index (κ2) is 4.56. The molecule has 1 aliphatic rings. The first kappa shape index (κ1) is 10.3. The maximum Gasteiger partial charge on any atom is 0.141 e. The molecule has 0 aliphatic heterocycles. The van der Waals surface area contributed by atoms with Gasteiger partial charge in [-0.15, -0.1) is 0 Å². The van der Waals surface area contributed by atoms with Crippen molar-refractivity contribution in [3.8, 4) is 5.75 Å². The van der Waals surface area contributed by atoms with Crippen molar-refractivity contribution in [2.45, 2.75) is 32.2 Å². The van der Waals surface area contributed by atoms with Crippen LogP contribution in [0.15, 0.2) is 24.3 Å². The normalized spacial score (nSPS) is 25.2. The average molecular weight is 205 g/mol. The van der Waals surface area contributed by atoms with Crippen LogP contribution in [-0.2, 0) is 0 Å². The SMILES string of the molecule is COc1ccccc1N[C@@H]1CC[C@@H](C)C1. The lowest BCUT2D eigenvalue weighted by molar-refractivity contribution is 0.416. The fraction of sp³-hybridized carbons (Fsp3) is 0.538. The van der Waals surface area contributed by atoms with Crippen LogP contribution in [0.5, 0.6) is 5.75 Å². The molecule has 0 spiro atoms. The minimum Gasteiger partial charge on any atom is -0.495 e. The Labute approximate surface area is 91.6 Å². The second-order valence-electron chi connectivity index (χ2n) is 4.46. The molecule has 2 nitrogen and oxygen atoms in total. The highest BCUT2D eigenvalue weighted by molar-refractivity contribution is 5.56. The highest BCUT2D eigenvalue weighted by Crippen LogP contribution is 2.30. The molecule has 0 saturated heterocycles. The van der Waals surface area contributed by atoms with Crippen molar-refractivity contribution in [1.82, 2.24) is 0 Å². The van der Waals surface area contributed by atoms with Crippen molar-refractivity contribution < 1.29 is 4.74 Å². The van der Waals surface area contributed by atoms with Crippen LogP contribution in [0, 0.1) is 5.92 Å². The van der Waals surface area contributed by atoms with E-state index in [9.17, 15) is 0 Å². The fourth-order valence-corrected chi connectivity index (χ4v) is 2.32. The van der Waals surface area contributed by atoms with Crippen LogP contribution in [0.1, 0.15) is 26.2 Å². The van der Waals surface area contributed by atoms with Crippen LogP contribution < -0.4 is 10.1 Å². The molecule has 1 aliphatic carbocycles. The quantitative estimate of drug-likeness (QED) is 0.817. The van der Waals surface area contributed by atoms with Gasteiger partial charge in [-0.2, -0.15) is 0 Å². The molecular weight excluding hydrogens is 186 g/mol. The molecular formula is C13H19NO.